The van der Waals surface area contributed by atoms with Crippen molar-refractivity contribution in [2.75, 3.05) is 6.61 Å². The van der Waals surface area contributed by atoms with Gasteiger partial charge in [0.2, 0.25) is 0 Å². The SMILES string of the molecule is O=C(O)C(CO)N[P+](=O)[O-].[Si]. The fourth-order valence-corrected chi connectivity index (χ4v) is 0.748. The second-order valence-corrected chi connectivity index (χ2v) is 2.23. The number of aliphatic hydroxyl groups is 1. The highest BCUT2D eigenvalue weighted by Gasteiger charge is 2.20. The van der Waals surface area contributed by atoms with E-state index in [9.17, 15) is 14.3 Å². The number of aliphatic hydroxyl groups excluding tert-OH is 1. The average Bonchev–Trinajstić information content (AvgIpc) is 1.81. The highest BCUT2D eigenvalue weighted by atomic mass is 31.1. The molecule has 3 N–H and O–H groups in total. The summed E-state index contributed by atoms with van der Waals surface area (Å²) in [6.45, 7) is -0.751. The largest absolute Gasteiger partial charge is 0.578 e. The Kier molecular flexibility index (Phi) is 7.70. The van der Waals surface area contributed by atoms with Gasteiger partial charge in [-0.1, -0.05) is 9.65 Å². The first-order valence-corrected chi connectivity index (χ1v) is 3.50. The normalized spacial score (nSPS) is 13.1. The van der Waals surface area contributed by atoms with E-state index in [4.69, 9.17) is 10.2 Å². The van der Waals surface area contributed by atoms with Crippen molar-refractivity contribution in [1.29, 1.82) is 0 Å². The Morgan fingerprint density at radius 1 is 1.73 bits per heavy atom. The topological polar surface area (TPSA) is 110 Å². The molecule has 0 saturated heterocycles. The van der Waals surface area contributed by atoms with Crippen molar-refractivity contribution < 1.29 is 24.5 Å². The summed E-state index contributed by atoms with van der Waals surface area (Å²) < 4.78 is 9.82. The molecule has 0 spiro atoms. The van der Waals surface area contributed by atoms with Crippen molar-refractivity contribution in [2.45, 2.75) is 6.04 Å². The van der Waals surface area contributed by atoms with Gasteiger partial charge >= 0.3 is 14.1 Å². The van der Waals surface area contributed by atoms with Crippen LogP contribution in [0.15, 0.2) is 0 Å². The van der Waals surface area contributed by atoms with Crippen LogP contribution in [0.5, 0.6) is 0 Å². The standard InChI is InChI=1S/C3H6NO5P.Si/c5-1-2(3(6)7)4-10(8)9;/h2,5H,1H2,(H,6,7)(H,4,8,9);. The maximum Gasteiger partial charge on any atom is 0.409 e. The van der Waals surface area contributed by atoms with Gasteiger partial charge in [-0.25, -0.2) is 0 Å². The zero-order chi connectivity index (χ0) is 8.15. The molecule has 0 saturated carbocycles. The van der Waals surface area contributed by atoms with Crippen molar-refractivity contribution >= 4 is 25.1 Å². The third kappa shape index (κ3) is 6.08. The monoisotopic (exact) mass is 195 g/mol. The van der Waals surface area contributed by atoms with Crippen molar-refractivity contribution in [3.05, 3.63) is 0 Å². The first-order chi connectivity index (χ1) is 4.57. The molecule has 0 aliphatic rings. The van der Waals surface area contributed by atoms with Gasteiger partial charge in [-0.3, -0.25) is 4.79 Å². The van der Waals surface area contributed by atoms with Crippen molar-refractivity contribution in [3.8, 4) is 0 Å². The van der Waals surface area contributed by atoms with Crippen LogP contribution in [-0.4, -0.2) is 39.8 Å². The molecule has 0 amide bonds. The summed E-state index contributed by atoms with van der Waals surface area (Å²) in [6, 6.07) is -1.43. The molecule has 0 aromatic rings. The van der Waals surface area contributed by atoms with Crippen LogP contribution in [0, 0.1) is 0 Å². The lowest BCUT2D eigenvalue weighted by Gasteiger charge is -2.02. The fourth-order valence-electron chi connectivity index (χ4n) is 0.301. The smallest absolute Gasteiger partial charge is 0.409 e. The molecule has 0 aliphatic heterocycles. The molecule has 0 aliphatic carbocycles. The highest BCUT2D eigenvalue weighted by Crippen LogP contribution is 2.00. The van der Waals surface area contributed by atoms with E-state index in [1.165, 1.54) is 0 Å². The van der Waals surface area contributed by atoms with Gasteiger partial charge in [0, 0.05) is 11.0 Å². The minimum atomic E-state index is -2.97. The number of nitrogens with one attached hydrogen (secondary N) is 1. The minimum Gasteiger partial charge on any atom is -0.578 e. The summed E-state index contributed by atoms with van der Waals surface area (Å²) in [5, 5.41) is 18.0. The molecule has 0 bridgehead atoms. The Bertz CT molecular complexity index is 153. The van der Waals surface area contributed by atoms with Gasteiger partial charge < -0.3 is 15.1 Å². The second kappa shape index (κ2) is 6.38. The van der Waals surface area contributed by atoms with Crippen LogP contribution in [-0.2, 0) is 9.36 Å². The maximum absolute atomic E-state index is 9.98. The van der Waals surface area contributed by atoms with Crippen LogP contribution in [0.2, 0.25) is 0 Å². The Morgan fingerprint density at radius 2 is 2.18 bits per heavy atom. The van der Waals surface area contributed by atoms with Crippen LogP contribution in [0.4, 0.5) is 0 Å². The molecule has 62 valence electrons. The summed E-state index contributed by atoms with van der Waals surface area (Å²) in [5.74, 6) is -1.40. The predicted molar refractivity (Wildman–Crippen MR) is 35.0 cm³/mol. The van der Waals surface area contributed by atoms with Gasteiger partial charge in [0.25, 0.3) is 0 Å². The molecule has 0 heterocycles. The number of hydrogen-bond acceptors (Lipinski definition) is 4. The van der Waals surface area contributed by atoms with Crippen LogP contribution < -0.4 is 9.98 Å². The number of hydrogen-bond donors (Lipinski definition) is 3. The number of aliphatic carboxylic acids is 1. The lowest BCUT2D eigenvalue weighted by Crippen LogP contribution is -2.36. The number of carboxylic acids is 1. The van der Waals surface area contributed by atoms with Gasteiger partial charge in [-0.05, 0) is 0 Å². The van der Waals surface area contributed by atoms with Gasteiger partial charge in [0.15, 0.2) is 6.04 Å². The van der Waals surface area contributed by atoms with Gasteiger partial charge in [-0.15, -0.1) is 0 Å². The van der Waals surface area contributed by atoms with E-state index in [1.807, 2.05) is 0 Å². The Labute approximate surface area is 68.2 Å². The van der Waals surface area contributed by atoms with Crippen molar-refractivity contribution in [2.24, 2.45) is 0 Å². The summed E-state index contributed by atoms with van der Waals surface area (Å²) in [4.78, 5) is 19.8. The van der Waals surface area contributed by atoms with Crippen molar-refractivity contribution in [1.82, 2.24) is 5.09 Å². The third-order valence-corrected chi connectivity index (χ3v) is 1.26. The molecule has 0 aromatic heterocycles. The maximum atomic E-state index is 9.98. The molecule has 4 radical (unpaired) electrons. The minimum absolute atomic E-state index is 0. The number of carbonyl (C=O) groups is 1. The van der Waals surface area contributed by atoms with Crippen LogP contribution in [0.3, 0.4) is 0 Å². The highest BCUT2D eigenvalue weighted by molar-refractivity contribution is 7.34. The zero-order valence-corrected chi connectivity index (χ0v) is 7.25. The lowest BCUT2D eigenvalue weighted by atomic mass is 10.3. The summed E-state index contributed by atoms with van der Waals surface area (Å²) in [7, 11) is -2.97. The fraction of sp³-hybridized carbons (Fsp3) is 0.667. The molecule has 6 nitrogen and oxygen atoms in total. The second-order valence-electron chi connectivity index (χ2n) is 1.46. The Morgan fingerprint density at radius 3 is 2.27 bits per heavy atom. The molecular formula is C3H6NO5PSi. The zero-order valence-electron chi connectivity index (χ0n) is 5.35. The molecule has 0 aromatic carbocycles. The van der Waals surface area contributed by atoms with E-state index in [0.717, 1.165) is 0 Å². The van der Waals surface area contributed by atoms with E-state index in [-0.39, 0.29) is 11.0 Å². The lowest BCUT2D eigenvalue weighted by molar-refractivity contribution is -0.169. The summed E-state index contributed by atoms with van der Waals surface area (Å²) >= 11 is 0. The first kappa shape index (κ1) is 13.3. The van der Waals surface area contributed by atoms with Crippen LogP contribution >= 0.6 is 8.18 Å². The van der Waals surface area contributed by atoms with E-state index in [1.54, 1.807) is 5.09 Å². The van der Waals surface area contributed by atoms with Gasteiger partial charge in [-0.2, -0.15) is 0 Å². The van der Waals surface area contributed by atoms with E-state index in [0.29, 0.717) is 0 Å². The van der Waals surface area contributed by atoms with Gasteiger partial charge in [0.1, 0.15) is 0 Å². The van der Waals surface area contributed by atoms with Crippen LogP contribution in [0.1, 0.15) is 0 Å². The summed E-state index contributed by atoms with van der Waals surface area (Å²) in [5.41, 5.74) is 0. The quantitative estimate of drug-likeness (QED) is 0.342. The molecule has 8 heteroatoms. The predicted octanol–water partition coefficient (Wildman–Crippen LogP) is -2.34. The molecule has 0 fully saturated rings. The number of carboxylic acid groups (broad SMARTS) is 1. The Balaban J connectivity index is 0. The van der Waals surface area contributed by atoms with Crippen LogP contribution in [0.25, 0.3) is 0 Å². The third-order valence-electron chi connectivity index (χ3n) is 0.742. The average molecular weight is 195 g/mol. The molecular weight excluding hydrogens is 189 g/mol. The number of rotatable bonds is 4. The molecule has 2 atom stereocenters. The van der Waals surface area contributed by atoms with Crippen molar-refractivity contribution in [3.63, 3.8) is 0 Å². The van der Waals surface area contributed by atoms with E-state index < -0.39 is 26.8 Å². The van der Waals surface area contributed by atoms with E-state index in [2.05, 4.69) is 0 Å². The molecule has 11 heavy (non-hydrogen) atoms. The van der Waals surface area contributed by atoms with Gasteiger partial charge in [0.05, 0.1) is 6.61 Å². The Hall–Kier alpha value is -0.333. The first-order valence-electron chi connectivity index (χ1n) is 2.32. The molecule has 2 unspecified atom stereocenters. The molecule has 0 rings (SSSR count). The van der Waals surface area contributed by atoms with E-state index >= 15 is 0 Å². The summed E-state index contributed by atoms with van der Waals surface area (Å²) in [6.07, 6.45) is 0.